The molecule has 2 rings (SSSR count). The summed E-state index contributed by atoms with van der Waals surface area (Å²) in [7, 11) is 0. The Labute approximate surface area is 172 Å². The molecule has 8 N–H and O–H groups in total. The van der Waals surface area contributed by atoms with Crippen molar-refractivity contribution in [2.75, 3.05) is 13.2 Å². The number of carboxylic acids is 1. The van der Waals surface area contributed by atoms with Gasteiger partial charge in [-0.15, -0.1) is 0 Å². The van der Waals surface area contributed by atoms with E-state index in [-0.39, 0.29) is 13.0 Å². The Morgan fingerprint density at radius 2 is 1.77 bits per heavy atom. The average Bonchev–Trinajstić information content (AvgIpc) is 3.13. The summed E-state index contributed by atoms with van der Waals surface area (Å²) in [5.41, 5.74) is 6.72. The van der Waals surface area contributed by atoms with Crippen molar-refractivity contribution in [1.82, 2.24) is 20.9 Å². The molecule has 0 saturated heterocycles. The lowest BCUT2D eigenvalue weighted by atomic mass is 10.0. The van der Waals surface area contributed by atoms with Crippen LogP contribution in [0.25, 0.3) is 10.9 Å². The number of nitrogens with two attached hydrogens (primary N) is 1. The van der Waals surface area contributed by atoms with E-state index < -0.39 is 48.4 Å². The predicted octanol–water partition coefficient (Wildman–Crippen LogP) is -1.78. The highest BCUT2D eigenvalue weighted by Crippen LogP contribution is 2.19. The number of fused-ring (bicyclic) bond motifs is 1. The summed E-state index contributed by atoms with van der Waals surface area (Å²) >= 11 is 0. The molecule has 11 heteroatoms. The Kier molecular flexibility index (Phi) is 7.90. The number of benzene rings is 1. The molecule has 2 aromatic rings. The number of para-hydroxylation sites is 1. The van der Waals surface area contributed by atoms with Crippen LogP contribution in [0.4, 0.5) is 0 Å². The first-order valence-corrected chi connectivity index (χ1v) is 9.25. The third-order valence-corrected chi connectivity index (χ3v) is 4.49. The summed E-state index contributed by atoms with van der Waals surface area (Å²) in [6.07, 6.45) is 1.72. The molecule has 3 atom stereocenters. The zero-order chi connectivity index (χ0) is 22.3. The smallest absolute Gasteiger partial charge is 0.326 e. The highest BCUT2D eigenvalue weighted by molar-refractivity contribution is 5.93. The number of aliphatic hydroxyl groups excluding tert-OH is 1. The maximum Gasteiger partial charge on any atom is 0.326 e. The van der Waals surface area contributed by atoms with E-state index in [2.05, 4.69) is 20.9 Å². The molecule has 3 amide bonds. The fraction of sp³-hybridized carbons (Fsp3) is 0.368. The van der Waals surface area contributed by atoms with Gasteiger partial charge in [0.05, 0.1) is 13.2 Å². The summed E-state index contributed by atoms with van der Waals surface area (Å²) in [5, 5.41) is 26.5. The van der Waals surface area contributed by atoms with Crippen molar-refractivity contribution in [3.63, 3.8) is 0 Å². The number of H-pyrrole nitrogens is 1. The Bertz CT molecular complexity index is 927. The third kappa shape index (κ3) is 5.78. The van der Waals surface area contributed by atoms with Crippen LogP contribution in [-0.4, -0.2) is 70.2 Å². The summed E-state index contributed by atoms with van der Waals surface area (Å²) in [4.78, 5) is 50.5. The number of aliphatic carboxylic acids is 1. The molecule has 30 heavy (non-hydrogen) atoms. The third-order valence-electron chi connectivity index (χ3n) is 4.49. The Balaban J connectivity index is 2.01. The minimum absolute atomic E-state index is 0.0393. The second-order valence-electron chi connectivity index (χ2n) is 6.70. The van der Waals surface area contributed by atoms with Gasteiger partial charge < -0.3 is 36.9 Å². The highest BCUT2D eigenvalue weighted by Gasteiger charge is 2.27. The number of aromatic amines is 1. The molecule has 11 nitrogen and oxygen atoms in total. The summed E-state index contributed by atoms with van der Waals surface area (Å²) in [5.74, 6) is -3.40. The molecule has 1 aromatic heterocycles. The Hall–Kier alpha value is -3.44. The zero-order valence-electron chi connectivity index (χ0n) is 16.3. The lowest BCUT2D eigenvalue weighted by molar-refractivity contribution is -0.142. The van der Waals surface area contributed by atoms with Crippen LogP contribution in [-0.2, 0) is 25.6 Å². The first-order valence-electron chi connectivity index (χ1n) is 9.25. The molecule has 0 spiro atoms. The van der Waals surface area contributed by atoms with Crippen LogP contribution < -0.4 is 21.7 Å². The van der Waals surface area contributed by atoms with Gasteiger partial charge in [0.25, 0.3) is 0 Å². The van der Waals surface area contributed by atoms with E-state index in [1.165, 1.54) is 6.92 Å². The Morgan fingerprint density at radius 3 is 2.40 bits per heavy atom. The quantitative estimate of drug-likeness (QED) is 0.237. The van der Waals surface area contributed by atoms with Crippen LogP contribution in [0.2, 0.25) is 0 Å². The summed E-state index contributed by atoms with van der Waals surface area (Å²) in [6, 6.07) is 3.76. The van der Waals surface area contributed by atoms with E-state index in [1.54, 1.807) is 6.20 Å². The van der Waals surface area contributed by atoms with Gasteiger partial charge in [-0.2, -0.15) is 0 Å². The maximum atomic E-state index is 12.4. The van der Waals surface area contributed by atoms with E-state index in [0.717, 1.165) is 16.5 Å². The normalized spacial score (nSPS) is 13.8. The number of rotatable bonds is 10. The predicted molar refractivity (Wildman–Crippen MR) is 107 cm³/mol. The van der Waals surface area contributed by atoms with Gasteiger partial charge in [0.15, 0.2) is 0 Å². The molecular formula is C19H25N5O6. The van der Waals surface area contributed by atoms with Gasteiger partial charge in [-0.1, -0.05) is 18.2 Å². The van der Waals surface area contributed by atoms with Gasteiger partial charge in [-0.25, -0.2) is 4.79 Å². The number of carbonyl (C=O) groups is 4. The van der Waals surface area contributed by atoms with Crippen LogP contribution in [0.15, 0.2) is 30.5 Å². The van der Waals surface area contributed by atoms with Crippen LogP contribution in [0.3, 0.4) is 0 Å². The van der Waals surface area contributed by atoms with E-state index in [1.807, 2.05) is 24.3 Å². The first kappa shape index (κ1) is 22.8. The lowest BCUT2D eigenvalue weighted by Crippen LogP contribution is -2.56. The molecule has 1 aromatic carbocycles. The van der Waals surface area contributed by atoms with Gasteiger partial charge in [-0.05, 0) is 18.6 Å². The van der Waals surface area contributed by atoms with Crippen molar-refractivity contribution in [2.45, 2.75) is 31.5 Å². The van der Waals surface area contributed by atoms with Gasteiger partial charge in [-0.3, -0.25) is 14.4 Å². The largest absolute Gasteiger partial charge is 0.480 e. The lowest BCUT2D eigenvalue weighted by Gasteiger charge is -2.21. The minimum Gasteiger partial charge on any atom is -0.480 e. The van der Waals surface area contributed by atoms with Gasteiger partial charge >= 0.3 is 5.97 Å². The molecule has 3 unspecified atom stereocenters. The minimum atomic E-state index is -1.28. The van der Waals surface area contributed by atoms with Crippen LogP contribution in [0, 0.1) is 0 Å². The number of amides is 3. The average molecular weight is 419 g/mol. The topological polar surface area (TPSA) is 187 Å². The van der Waals surface area contributed by atoms with E-state index in [0.29, 0.717) is 0 Å². The van der Waals surface area contributed by atoms with Crippen molar-refractivity contribution in [2.24, 2.45) is 5.73 Å². The molecular weight excluding hydrogens is 394 g/mol. The summed E-state index contributed by atoms with van der Waals surface area (Å²) < 4.78 is 0. The molecule has 162 valence electrons. The standard InChI is InChI=1S/C19H25N5O6/c1-10(22-18(28)15(9-25)23-16(26)7-20)17(27)24-14(19(29)30)6-11-8-21-13-5-3-2-4-12(11)13/h2-5,8,10,14-15,21,25H,6-7,9,20H2,1H3,(H,22,28)(H,23,26)(H,24,27)(H,29,30). The number of hydrogen-bond acceptors (Lipinski definition) is 6. The summed E-state index contributed by atoms with van der Waals surface area (Å²) in [6.45, 7) is 0.301. The first-order chi connectivity index (χ1) is 14.3. The molecule has 0 aliphatic heterocycles. The van der Waals surface area contributed by atoms with Crippen molar-refractivity contribution in [3.8, 4) is 0 Å². The van der Waals surface area contributed by atoms with Crippen LogP contribution >= 0.6 is 0 Å². The Morgan fingerprint density at radius 1 is 1.07 bits per heavy atom. The SMILES string of the molecule is CC(NC(=O)C(CO)NC(=O)CN)C(=O)NC(Cc1c[nH]c2ccccc12)C(=O)O. The molecule has 0 bridgehead atoms. The fourth-order valence-corrected chi connectivity index (χ4v) is 2.84. The van der Waals surface area contributed by atoms with Crippen molar-refractivity contribution in [3.05, 3.63) is 36.0 Å². The van der Waals surface area contributed by atoms with Gasteiger partial charge in [0.2, 0.25) is 17.7 Å². The highest BCUT2D eigenvalue weighted by atomic mass is 16.4. The number of nitrogens with one attached hydrogen (secondary N) is 4. The molecule has 0 fully saturated rings. The molecule has 0 aliphatic rings. The molecule has 0 saturated carbocycles. The molecule has 0 radical (unpaired) electrons. The van der Waals surface area contributed by atoms with E-state index in [9.17, 15) is 29.4 Å². The number of aromatic nitrogens is 1. The van der Waals surface area contributed by atoms with E-state index in [4.69, 9.17) is 5.73 Å². The van der Waals surface area contributed by atoms with Crippen LogP contribution in [0.5, 0.6) is 0 Å². The maximum absolute atomic E-state index is 12.4. The zero-order valence-corrected chi connectivity index (χ0v) is 16.3. The second kappa shape index (κ2) is 10.4. The van der Waals surface area contributed by atoms with Crippen molar-refractivity contribution in [1.29, 1.82) is 0 Å². The van der Waals surface area contributed by atoms with Gasteiger partial charge in [0.1, 0.15) is 18.1 Å². The monoisotopic (exact) mass is 419 g/mol. The van der Waals surface area contributed by atoms with Crippen molar-refractivity contribution < 1.29 is 29.4 Å². The van der Waals surface area contributed by atoms with E-state index >= 15 is 0 Å². The molecule has 0 aliphatic carbocycles. The number of aliphatic hydroxyl groups is 1. The number of carbonyl (C=O) groups excluding carboxylic acids is 3. The number of carboxylic acid groups (broad SMARTS) is 1. The van der Waals surface area contributed by atoms with Crippen molar-refractivity contribution >= 4 is 34.6 Å². The van der Waals surface area contributed by atoms with Gasteiger partial charge in [0, 0.05) is 23.5 Å². The second-order valence-corrected chi connectivity index (χ2v) is 6.70. The fourth-order valence-electron chi connectivity index (χ4n) is 2.84. The van der Waals surface area contributed by atoms with Crippen LogP contribution in [0.1, 0.15) is 12.5 Å². The number of hydrogen-bond donors (Lipinski definition) is 7. The molecule has 1 heterocycles.